The first kappa shape index (κ1) is 16.7. The fourth-order valence-corrected chi connectivity index (χ4v) is 2.52. The van der Waals surface area contributed by atoms with Crippen molar-refractivity contribution in [2.45, 2.75) is 26.3 Å². The molecule has 1 aromatic carbocycles. The van der Waals surface area contributed by atoms with Gasteiger partial charge in [0.25, 0.3) is 5.91 Å². The molecule has 3 rings (SSSR count). The van der Waals surface area contributed by atoms with Crippen molar-refractivity contribution in [1.82, 2.24) is 15.3 Å². The van der Waals surface area contributed by atoms with Gasteiger partial charge in [0, 0.05) is 12.1 Å². The molecular weight excluding hydrogens is 324 g/mol. The molecule has 2 aromatic rings. The number of rotatable bonds is 5. The summed E-state index contributed by atoms with van der Waals surface area (Å²) >= 11 is 0. The molecule has 8 nitrogen and oxygen atoms in total. The summed E-state index contributed by atoms with van der Waals surface area (Å²) in [5, 5.41) is 2.61. The lowest BCUT2D eigenvalue weighted by Crippen LogP contribution is -2.32. The van der Waals surface area contributed by atoms with Gasteiger partial charge in [0.2, 0.25) is 5.88 Å². The maximum absolute atomic E-state index is 12.3. The summed E-state index contributed by atoms with van der Waals surface area (Å²) in [7, 11) is 1.58. The Morgan fingerprint density at radius 3 is 2.72 bits per heavy atom. The van der Waals surface area contributed by atoms with E-state index in [-0.39, 0.29) is 17.6 Å². The minimum Gasteiger partial charge on any atom is -0.496 e. The third-order valence-electron chi connectivity index (χ3n) is 3.89. The van der Waals surface area contributed by atoms with E-state index in [0.29, 0.717) is 17.9 Å². The van der Waals surface area contributed by atoms with Gasteiger partial charge in [-0.2, -0.15) is 0 Å². The molecule has 8 heteroatoms. The van der Waals surface area contributed by atoms with Gasteiger partial charge in [-0.15, -0.1) is 0 Å². The zero-order valence-corrected chi connectivity index (χ0v) is 14.1. The molecule has 1 fully saturated rings. The lowest BCUT2D eigenvalue weighted by atomic mass is 10.2. The Morgan fingerprint density at radius 1 is 1.24 bits per heavy atom. The van der Waals surface area contributed by atoms with E-state index in [1.165, 1.54) is 12.4 Å². The quantitative estimate of drug-likeness (QED) is 0.839. The monoisotopic (exact) mass is 342 g/mol. The number of ether oxygens (including phenoxy) is 2. The molecule has 1 unspecified atom stereocenters. The van der Waals surface area contributed by atoms with E-state index in [1.807, 2.05) is 19.9 Å². The van der Waals surface area contributed by atoms with Gasteiger partial charge in [0.05, 0.1) is 7.11 Å². The van der Waals surface area contributed by atoms with Gasteiger partial charge in [-0.3, -0.25) is 4.79 Å². The van der Waals surface area contributed by atoms with Gasteiger partial charge in [-0.1, -0.05) is 13.0 Å². The van der Waals surface area contributed by atoms with Gasteiger partial charge in [0.1, 0.15) is 23.9 Å². The standard InChI is InChI=1S/C17H18N4O4/c1-4-12-16(22)21(17(23)20-12)14-8-15(19-9-18-14)25-11-6-5-10(2)13(7-11)24-3/h5-9,12H,4H2,1-3H3,(H,20,23). The maximum Gasteiger partial charge on any atom is 0.330 e. The molecule has 1 atom stereocenters. The summed E-state index contributed by atoms with van der Waals surface area (Å²) in [6.45, 7) is 3.75. The molecule has 3 amide bonds. The number of anilines is 1. The number of imide groups is 1. The van der Waals surface area contributed by atoms with E-state index in [1.54, 1.807) is 19.2 Å². The molecule has 0 spiro atoms. The van der Waals surface area contributed by atoms with E-state index >= 15 is 0 Å². The van der Waals surface area contributed by atoms with Crippen LogP contribution in [0.4, 0.5) is 10.6 Å². The summed E-state index contributed by atoms with van der Waals surface area (Å²) in [6.07, 6.45) is 1.76. The minimum atomic E-state index is -0.534. The fourth-order valence-electron chi connectivity index (χ4n) is 2.52. The summed E-state index contributed by atoms with van der Waals surface area (Å²) in [6, 6.07) is 5.78. The van der Waals surface area contributed by atoms with E-state index in [4.69, 9.17) is 9.47 Å². The Balaban J connectivity index is 1.85. The summed E-state index contributed by atoms with van der Waals surface area (Å²) in [4.78, 5) is 33.3. The number of methoxy groups -OCH3 is 1. The third kappa shape index (κ3) is 3.23. The average molecular weight is 342 g/mol. The van der Waals surface area contributed by atoms with Crippen LogP contribution < -0.4 is 19.7 Å². The van der Waals surface area contributed by atoms with Crippen molar-refractivity contribution >= 4 is 17.8 Å². The second-order valence-corrected chi connectivity index (χ2v) is 5.53. The largest absolute Gasteiger partial charge is 0.496 e. The first-order chi connectivity index (χ1) is 12.0. The third-order valence-corrected chi connectivity index (χ3v) is 3.89. The molecule has 0 aliphatic carbocycles. The molecule has 25 heavy (non-hydrogen) atoms. The Labute approximate surface area is 144 Å². The Bertz CT molecular complexity index is 824. The molecule has 1 aliphatic rings. The molecule has 0 bridgehead atoms. The number of hydrogen-bond acceptors (Lipinski definition) is 6. The van der Waals surface area contributed by atoms with Crippen LogP contribution in [0.2, 0.25) is 0 Å². The van der Waals surface area contributed by atoms with E-state index in [2.05, 4.69) is 15.3 Å². The number of carbonyl (C=O) groups is 2. The Morgan fingerprint density at radius 2 is 2.04 bits per heavy atom. The van der Waals surface area contributed by atoms with Crippen LogP contribution in [0.25, 0.3) is 0 Å². The molecule has 1 N–H and O–H groups in total. The van der Waals surface area contributed by atoms with Crippen molar-refractivity contribution in [1.29, 1.82) is 0 Å². The molecule has 0 radical (unpaired) electrons. The summed E-state index contributed by atoms with van der Waals surface area (Å²) in [5.41, 5.74) is 0.975. The highest BCUT2D eigenvalue weighted by Gasteiger charge is 2.38. The van der Waals surface area contributed by atoms with Crippen LogP contribution in [0.1, 0.15) is 18.9 Å². The number of urea groups is 1. The van der Waals surface area contributed by atoms with Crippen LogP contribution in [-0.4, -0.2) is 35.1 Å². The summed E-state index contributed by atoms with van der Waals surface area (Å²) in [5.74, 6) is 1.26. The molecule has 1 aliphatic heterocycles. The molecule has 130 valence electrons. The van der Waals surface area contributed by atoms with Crippen molar-refractivity contribution in [3.05, 3.63) is 36.2 Å². The molecule has 0 saturated carbocycles. The molecule has 1 aromatic heterocycles. The Kier molecular flexibility index (Phi) is 4.51. The lowest BCUT2D eigenvalue weighted by molar-refractivity contribution is -0.118. The van der Waals surface area contributed by atoms with E-state index in [0.717, 1.165) is 10.5 Å². The SMILES string of the molecule is CCC1NC(=O)N(c2cc(Oc3ccc(C)c(OC)c3)ncn2)C1=O. The minimum absolute atomic E-state index is 0.169. The zero-order chi connectivity index (χ0) is 18.0. The van der Waals surface area contributed by atoms with Gasteiger partial charge in [-0.25, -0.2) is 19.7 Å². The van der Waals surface area contributed by atoms with Gasteiger partial charge in [0.15, 0.2) is 5.82 Å². The highest BCUT2D eigenvalue weighted by atomic mass is 16.5. The fraction of sp³-hybridized carbons (Fsp3) is 0.294. The van der Waals surface area contributed by atoms with Crippen molar-refractivity contribution in [2.75, 3.05) is 12.0 Å². The van der Waals surface area contributed by atoms with Crippen molar-refractivity contribution < 1.29 is 19.1 Å². The highest BCUT2D eigenvalue weighted by molar-refractivity contribution is 6.20. The van der Waals surface area contributed by atoms with Crippen molar-refractivity contribution in [3.8, 4) is 17.4 Å². The predicted octanol–water partition coefficient (Wildman–Crippen LogP) is 2.42. The lowest BCUT2D eigenvalue weighted by Gasteiger charge is -2.13. The van der Waals surface area contributed by atoms with Crippen LogP contribution in [0.5, 0.6) is 17.4 Å². The van der Waals surface area contributed by atoms with E-state index in [9.17, 15) is 9.59 Å². The van der Waals surface area contributed by atoms with Crippen LogP contribution in [-0.2, 0) is 4.79 Å². The number of nitrogens with zero attached hydrogens (tertiary/aromatic N) is 3. The van der Waals surface area contributed by atoms with Crippen LogP contribution in [0.15, 0.2) is 30.6 Å². The maximum atomic E-state index is 12.3. The first-order valence-corrected chi connectivity index (χ1v) is 7.82. The zero-order valence-electron chi connectivity index (χ0n) is 14.1. The van der Waals surface area contributed by atoms with Crippen LogP contribution in [0, 0.1) is 6.92 Å². The van der Waals surface area contributed by atoms with Gasteiger partial charge < -0.3 is 14.8 Å². The number of aryl methyl sites for hydroxylation is 1. The number of aromatic nitrogens is 2. The van der Waals surface area contributed by atoms with E-state index < -0.39 is 12.1 Å². The second kappa shape index (κ2) is 6.76. The number of benzene rings is 1. The van der Waals surface area contributed by atoms with Crippen LogP contribution in [0.3, 0.4) is 0 Å². The molecule has 1 saturated heterocycles. The average Bonchev–Trinajstić information content (AvgIpc) is 2.90. The van der Waals surface area contributed by atoms with Gasteiger partial charge in [-0.05, 0) is 25.0 Å². The Hall–Kier alpha value is -3.16. The number of hydrogen-bond donors (Lipinski definition) is 1. The van der Waals surface area contributed by atoms with Crippen LogP contribution >= 0.6 is 0 Å². The number of nitrogens with one attached hydrogen (secondary N) is 1. The number of amides is 3. The van der Waals surface area contributed by atoms with Gasteiger partial charge >= 0.3 is 6.03 Å². The van der Waals surface area contributed by atoms with Crippen molar-refractivity contribution in [3.63, 3.8) is 0 Å². The summed E-state index contributed by atoms with van der Waals surface area (Å²) < 4.78 is 11.0. The second-order valence-electron chi connectivity index (χ2n) is 5.53. The topological polar surface area (TPSA) is 93.7 Å². The van der Waals surface area contributed by atoms with Crippen molar-refractivity contribution in [2.24, 2.45) is 0 Å². The number of carbonyl (C=O) groups excluding carboxylic acids is 2. The normalized spacial score (nSPS) is 16.8. The predicted molar refractivity (Wildman–Crippen MR) is 89.9 cm³/mol. The first-order valence-electron chi connectivity index (χ1n) is 7.82. The highest BCUT2D eigenvalue weighted by Crippen LogP contribution is 2.28. The smallest absolute Gasteiger partial charge is 0.330 e. The molecular formula is C17H18N4O4. The molecule has 2 heterocycles.